The molecular weight excluding hydrogens is 265 g/mol. The van der Waals surface area contributed by atoms with Crippen LogP contribution in [-0.2, 0) is 6.54 Å². The van der Waals surface area contributed by atoms with Crippen molar-refractivity contribution in [2.24, 2.45) is 0 Å². The number of hydrogen-bond donors (Lipinski definition) is 0. The summed E-state index contributed by atoms with van der Waals surface area (Å²) < 4.78 is 13.4. The summed E-state index contributed by atoms with van der Waals surface area (Å²) in [6, 6.07) is 11.7. The summed E-state index contributed by atoms with van der Waals surface area (Å²) in [5.74, 6) is -0.419. The molecule has 2 rings (SSSR count). The average molecular weight is 278 g/mol. The van der Waals surface area contributed by atoms with E-state index < -0.39 is 5.82 Å². The fourth-order valence-electron chi connectivity index (χ4n) is 1.89. The first-order valence-corrected chi connectivity index (χ1v) is 6.17. The SMILES string of the molecule is CN(Cc1cccc(Cl)c1)c1cc(F)cc(C=O)c1. The molecular formula is C15H13ClFNO. The second-order valence-electron chi connectivity index (χ2n) is 4.35. The minimum atomic E-state index is -0.419. The third-order valence-corrected chi connectivity index (χ3v) is 3.03. The number of benzene rings is 2. The second kappa shape index (κ2) is 5.85. The second-order valence-corrected chi connectivity index (χ2v) is 4.78. The number of carbonyl (C=O) groups is 1. The van der Waals surface area contributed by atoms with E-state index in [9.17, 15) is 9.18 Å². The Morgan fingerprint density at radius 2 is 2.05 bits per heavy atom. The quantitative estimate of drug-likeness (QED) is 0.789. The molecule has 0 spiro atoms. The molecule has 98 valence electrons. The van der Waals surface area contributed by atoms with Gasteiger partial charge in [0.2, 0.25) is 0 Å². The predicted octanol–water partition coefficient (Wildman–Crippen LogP) is 3.93. The average Bonchev–Trinajstić information content (AvgIpc) is 2.38. The number of halogens is 2. The Balaban J connectivity index is 2.22. The molecule has 19 heavy (non-hydrogen) atoms. The van der Waals surface area contributed by atoms with Crippen LogP contribution in [-0.4, -0.2) is 13.3 Å². The lowest BCUT2D eigenvalue weighted by atomic mass is 10.1. The summed E-state index contributed by atoms with van der Waals surface area (Å²) in [5.41, 5.74) is 2.00. The Labute approximate surface area is 116 Å². The fraction of sp³-hybridized carbons (Fsp3) is 0.133. The molecule has 2 aromatic carbocycles. The Hall–Kier alpha value is -1.87. The number of rotatable bonds is 4. The van der Waals surface area contributed by atoms with Crippen LogP contribution < -0.4 is 4.90 Å². The van der Waals surface area contributed by atoms with Crippen molar-refractivity contribution in [3.63, 3.8) is 0 Å². The van der Waals surface area contributed by atoms with Gasteiger partial charge in [0.05, 0.1) is 0 Å². The van der Waals surface area contributed by atoms with Crippen molar-refractivity contribution in [1.82, 2.24) is 0 Å². The molecule has 0 radical (unpaired) electrons. The van der Waals surface area contributed by atoms with Crippen molar-refractivity contribution in [3.8, 4) is 0 Å². The van der Waals surface area contributed by atoms with Crippen LogP contribution in [0.2, 0.25) is 5.02 Å². The molecule has 0 N–H and O–H groups in total. The molecule has 0 saturated heterocycles. The summed E-state index contributed by atoms with van der Waals surface area (Å²) in [6.07, 6.45) is 0.639. The highest BCUT2D eigenvalue weighted by atomic mass is 35.5. The zero-order valence-electron chi connectivity index (χ0n) is 10.4. The van der Waals surface area contributed by atoms with E-state index in [1.165, 1.54) is 12.1 Å². The van der Waals surface area contributed by atoms with E-state index in [4.69, 9.17) is 11.6 Å². The molecule has 0 fully saturated rings. The van der Waals surface area contributed by atoms with Crippen molar-refractivity contribution in [3.05, 3.63) is 64.4 Å². The summed E-state index contributed by atoms with van der Waals surface area (Å²) in [7, 11) is 1.84. The van der Waals surface area contributed by atoms with Crippen LogP contribution in [0.4, 0.5) is 10.1 Å². The van der Waals surface area contributed by atoms with E-state index in [0.29, 0.717) is 29.1 Å². The van der Waals surface area contributed by atoms with Crippen LogP contribution in [0.1, 0.15) is 15.9 Å². The Bertz CT molecular complexity index is 600. The third-order valence-electron chi connectivity index (χ3n) is 2.79. The van der Waals surface area contributed by atoms with Crippen LogP contribution >= 0.6 is 11.6 Å². The molecule has 0 aromatic heterocycles. The molecule has 0 bridgehead atoms. The van der Waals surface area contributed by atoms with Gasteiger partial charge in [-0.25, -0.2) is 4.39 Å². The van der Waals surface area contributed by atoms with Crippen LogP contribution in [0.5, 0.6) is 0 Å². The molecule has 0 amide bonds. The van der Waals surface area contributed by atoms with Crippen molar-refractivity contribution >= 4 is 23.6 Å². The van der Waals surface area contributed by atoms with Gasteiger partial charge in [0.1, 0.15) is 12.1 Å². The van der Waals surface area contributed by atoms with E-state index in [2.05, 4.69) is 0 Å². The highest BCUT2D eigenvalue weighted by Crippen LogP contribution is 2.20. The molecule has 2 aromatic rings. The third kappa shape index (κ3) is 3.55. The van der Waals surface area contributed by atoms with Crippen molar-refractivity contribution in [2.75, 3.05) is 11.9 Å². The lowest BCUT2D eigenvalue weighted by molar-refractivity contribution is 0.112. The fourth-order valence-corrected chi connectivity index (χ4v) is 2.10. The largest absolute Gasteiger partial charge is 0.370 e. The van der Waals surface area contributed by atoms with Gasteiger partial charge in [0.25, 0.3) is 0 Å². The van der Waals surface area contributed by atoms with Crippen molar-refractivity contribution in [1.29, 1.82) is 0 Å². The smallest absolute Gasteiger partial charge is 0.150 e. The predicted molar refractivity (Wildman–Crippen MR) is 75.3 cm³/mol. The maximum atomic E-state index is 13.4. The number of aldehydes is 1. The Morgan fingerprint density at radius 3 is 2.74 bits per heavy atom. The summed E-state index contributed by atoms with van der Waals surface area (Å²) in [4.78, 5) is 12.6. The van der Waals surface area contributed by atoms with Gasteiger partial charge in [-0.2, -0.15) is 0 Å². The summed E-state index contributed by atoms with van der Waals surface area (Å²) in [5, 5.41) is 0.665. The summed E-state index contributed by atoms with van der Waals surface area (Å²) in [6.45, 7) is 0.586. The van der Waals surface area contributed by atoms with Crippen LogP contribution in [0.25, 0.3) is 0 Å². The standard InChI is InChI=1S/C15H13ClFNO/c1-18(9-11-3-2-4-13(16)5-11)15-7-12(10-19)6-14(17)8-15/h2-8,10H,9H2,1H3. The first-order chi connectivity index (χ1) is 9.08. The van der Waals surface area contributed by atoms with Crippen LogP contribution in [0.3, 0.4) is 0 Å². The number of anilines is 1. The monoisotopic (exact) mass is 277 g/mol. The normalized spacial score (nSPS) is 10.3. The van der Waals surface area contributed by atoms with Crippen molar-refractivity contribution < 1.29 is 9.18 Å². The van der Waals surface area contributed by atoms with E-state index >= 15 is 0 Å². The molecule has 0 heterocycles. The van der Waals surface area contributed by atoms with E-state index in [1.54, 1.807) is 12.1 Å². The molecule has 2 nitrogen and oxygen atoms in total. The van der Waals surface area contributed by atoms with E-state index in [1.807, 2.05) is 30.1 Å². The topological polar surface area (TPSA) is 20.3 Å². The highest BCUT2D eigenvalue weighted by Gasteiger charge is 2.06. The summed E-state index contributed by atoms with van der Waals surface area (Å²) >= 11 is 5.92. The lowest BCUT2D eigenvalue weighted by Crippen LogP contribution is -2.16. The van der Waals surface area contributed by atoms with Crippen LogP contribution in [0, 0.1) is 5.82 Å². The zero-order valence-corrected chi connectivity index (χ0v) is 11.2. The minimum Gasteiger partial charge on any atom is -0.370 e. The Morgan fingerprint density at radius 1 is 1.26 bits per heavy atom. The molecule has 0 aliphatic carbocycles. The molecule has 0 saturated carbocycles. The van der Waals surface area contributed by atoms with Gasteiger partial charge in [0, 0.05) is 29.9 Å². The van der Waals surface area contributed by atoms with Crippen LogP contribution in [0.15, 0.2) is 42.5 Å². The molecule has 0 unspecified atom stereocenters. The molecule has 0 atom stereocenters. The highest BCUT2D eigenvalue weighted by molar-refractivity contribution is 6.30. The van der Waals surface area contributed by atoms with Gasteiger partial charge in [-0.05, 0) is 35.9 Å². The molecule has 0 aliphatic heterocycles. The van der Waals surface area contributed by atoms with Gasteiger partial charge in [-0.1, -0.05) is 23.7 Å². The van der Waals surface area contributed by atoms with Crippen molar-refractivity contribution in [2.45, 2.75) is 6.54 Å². The maximum absolute atomic E-state index is 13.4. The molecule has 0 aliphatic rings. The lowest BCUT2D eigenvalue weighted by Gasteiger charge is -2.20. The maximum Gasteiger partial charge on any atom is 0.150 e. The Kier molecular flexibility index (Phi) is 4.17. The van der Waals surface area contributed by atoms with Gasteiger partial charge in [-0.3, -0.25) is 4.79 Å². The number of nitrogens with zero attached hydrogens (tertiary/aromatic N) is 1. The van der Waals surface area contributed by atoms with Gasteiger partial charge in [0.15, 0.2) is 0 Å². The number of carbonyl (C=O) groups excluding carboxylic acids is 1. The number of hydrogen-bond acceptors (Lipinski definition) is 2. The first-order valence-electron chi connectivity index (χ1n) is 5.80. The van der Waals surface area contributed by atoms with E-state index in [0.717, 1.165) is 5.56 Å². The minimum absolute atomic E-state index is 0.327. The van der Waals surface area contributed by atoms with Gasteiger partial charge in [-0.15, -0.1) is 0 Å². The first kappa shape index (κ1) is 13.6. The van der Waals surface area contributed by atoms with Gasteiger partial charge >= 0.3 is 0 Å². The molecule has 4 heteroatoms. The zero-order chi connectivity index (χ0) is 13.8. The van der Waals surface area contributed by atoms with E-state index in [-0.39, 0.29) is 0 Å². The van der Waals surface area contributed by atoms with Gasteiger partial charge < -0.3 is 4.90 Å².